The second kappa shape index (κ2) is 4.37. The lowest BCUT2D eigenvalue weighted by Gasteiger charge is -2.21. The number of imide groups is 1. The van der Waals surface area contributed by atoms with E-state index in [9.17, 15) is 9.59 Å². The SMILES string of the molecule is CC1(CC(=O)N2C(=O)OCC2c2ccccc2)CC1. The van der Waals surface area contributed by atoms with Gasteiger partial charge in [-0.2, -0.15) is 0 Å². The van der Waals surface area contributed by atoms with Crippen LogP contribution in [0.15, 0.2) is 30.3 Å². The fraction of sp³-hybridized carbons (Fsp3) is 0.467. The van der Waals surface area contributed by atoms with Crippen molar-refractivity contribution in [2.75, 3.05) is 6.61 Å². The molecule has 4 nitrogen and oxygen atoms in total. The molecule has 0 radical (unpaired) electrons. The highest BCUT2D eigenvalue weighted by Gasteiger charge is 2.45. The van der Waals surface area contributed by atoms with Crippen molar-refractivity contribution in [1.29, 1.82) is 0 Å². The number of carbonyl (C=O) groups excluding carboxylic acids is 2. The zero-order valence-electron chi connectivity index (χ0n) is 11.0. The lowest BCUT2D eigenvalue weighted by molar-refractivity contribution is -0.130. The van der Waals surface area contributed by atoms with Gasteiger partial charge in [-0.1, -0.05) is 37.3 Å². The monoisotopic (exact) mass is 259 g/mol. The third kappa shape index (κ3) is 2.35. The second-order valence-corrected chi connectivity index (χ2v) is 5.75. The van der Waals surface area contributed by atoms with Gasteiger partial charge in [0, 0.05) is 6.42 Å². The molecule has 2 aliphatic rings. The number of cyclic esters (lactones) is 1. The summed E-state index contributed by atoms with van der Waals surface area (Å²) >= 11 is 0. The lowest BCUT2D eigenvalue weighted by Crippen LogP contribution is -2.35. The second-order valence-electron chi connectivity index (χ2n) is 5.75. The van der Waals surface area contributed by atoms with Crippen LogP contribution >= 0.6 is 0 Å². The predicted octanol–water partition coefficient (Wildman–Crippen LogP) is 2.90. The van der Waals surface area contributed by atoms with E-state index < -0.39 is 6.09 Å². The van der Waals surface area contributed by atoms with E-state index in [1.54, 1.807) is 0 Å². The topological polar surface area (TPSA) is 46.6 Å². The quantitative estimate of drug-likeness (QED) is 0.838. The summed E-state index contributed by atoms with van der Waals surface area (Å²) in [6, 6.07) is 9.30. The van der Waals surface area contributed by atoms with E-state index in [0.29, 0.717) is 6.42 Å². The summed E-state index contributed by atoms with van der Waals surface area (Å²) < 4.78 is 5.05. The number of ether oxygens (including phenoxy) is 1. The van der Waals surface area contributed by atoms with Gasteiger partial charge in [0.05, 0.1) is 0 Å². The van der Waals surface area contributed by atoms with Crippen LogP contribution in [0, 0.1) is 5.41 Å². The first-order valence-electron chi connectivity index (χ1n) is 6.63. The Morgan fingerprint density at radius 1 is 1.37 bits per heavy atom. The smallest absolute Gasteiger partial charge is 0.417 e. The molecule has 3 rings (SSSR count). The van der Waals surface area contributed by atoms with Gasteiger partial charge >= 0.3 is 6.09 Å². The van der Waals surface area contributed by atoms with Gasteiger partial charge in [-0.3, -0.25) is 4.79 Å². The molecule has 2 fully saturated rings. The minimum atomic E-state index is -0.511. The van der Waals surface area contributed by atoms with E-state index in [-0.39, 0.29) is 24.0 Å². The maximum absolute atomic E-state index is 12.3. The van der Waals surface area contributed by atoms with Crippen LogP contribution in [0.4, 0.5) is 4.79 Å². The Morgan fingerprint density at radius 2 is 2.05 bits per heavy atom. The largest absolute Gasteiger partial charge is 0.446 e. The molecule has 0 spiro atoms. The van der Waals surface area contributed by atoms with Crippen LogP contribution in [-0.2, 0) is 9.53 Å². The Labute approximate surface area is 112 Å². The van der Waals surface area contributed by atoms with E-state index in [4.69, 9.17) is 4.74 Å². The lowest BCUT2D eigenvalue weighted by atomic mass is 10.0. The first-order chi connectivity index (χ1) is 9.09. The molecule has 2 amide bonds. The van der Waals surface area contributed by atoms with Crippen molar-refractivity contribution < 1.29 is 14.3 Å². The number of benzene rings is 1. The van der Waals surface area contributed by atoms with Crippen molar-refractivity contribution in [3.05, 3.63) is 35.9 Å². The van der Waals surface area contributed by atoms with Gasteiger partial charge in [-0.15, -0.1) is 0 Å². The number of hydrogen-bond acceptors (Lipinski definition) is 3. The molecular formula is C15H17NO3. The highest BCUT2D eigenvalue weighted by atomic mass is 16.6. The van der Waals surface area contributed by atoms with Gasteiger partial charge in [0.1, 0.15) is 12.6 Å². The Hall–Kier alpha value is -1.84. The van der Waals surface area contributed by atoms with Gasteiger partial charge in [0.2, 0.25) is 5.91 Å². The Kier molecular flexibility index (Phi) is 2.81. The van der Waals surface area contributed by atoms with Crippen molar-refractivity contribution in [3.8, 4) is 0 Å². The van der Waals surface area contributed by atoms with Crippen LogP contribution in [0.25, 0.3) is 0 Å². The summed E-state index contributed by atoms with van der Waals surface area (Å²) in [5.74, 6) is -0.114. The number of rotatable bonds is 3. The number of carbonyl (C=O) groups is 2. The average molecular weight is 259 g/mol. The van der Waals surface area contributed by atoms with Crippen molar-refractivity contribution in [1.82, 2.24) is 4.90 Å². The molecule has 1 unspecified atom stereocenters. The number of hydrogen-bond donors (Lipinski definition) is 0. The van der Waals surface area contributed by atoms with Gasteiger partial charge in [0.15, 0.2) is 0 Å². The summed E-state index contributed by atoms with van der Waals surface area (Å²) in [7, 11) is 0. The van der Waals surface area contributed by atoms with Gasteiger partial charge in [-0.25, -0.2) is 9.69 Å². The molecule has 1 aliphatic heterocycles. The molecule has 0 N–H and O–H groups in total. The molecule has 1 atom stereocenters. The fourth-order valence-corrected chi connectivity index (χ4v) is 2.46. The molecule has 1 aromatic rings. The van der Waals surface area contributed by atoms with Crippen molar-refractivity contribution in [2.45, 2.75) is 32.2 Å². The maximum atomic E-state index is 12.3. The average Bonchev–Trinajstić information content (AvgIpc) is 2.99. The first-order valence-corrected chi connectivity index (χ1v) is 6.63. The van der Waals surface area contributed by atoms with Crippen LogP contribution < -0.4 is 0 Å². The van der Waals surface area contributed by atoms with Crippen molar-refractivity contribution in [3.63, 3.8) is 0 Å². The molecule has 1 saturated carbocycles. The summed E-state index contributed by atoms with van der Waals surface area (Å²) in [5.41, 5.74) is 1.05. The third-order valence-electron chi connectivity index (χ3n) is 4.01. The minimum Gasteiger partial charge on any atom is -0.446 e. The van der Waals surface area contributed by atoms with Crippen molar-refractivity contribution in [2.24, 2.45) is 5.41 Å². The molecule has 1 saturated heterocycles. The Morgan fingerprint density at radius 3 is 2.68 bits per heavy atom. The minimum absolute atomic E-state index is 0.0984. The summed E-state index contributed by atoms with van der Waals surface area (Å²) in [4.78, 5) is 25.4. The molecule has 1 aromatic carbocycles. The van der Waals surface area contributed by atoms with Gasteiger partial charge < -0.3 is 4.74 Å². The van der Waals surface area contributed by atoms with Crippen LogP contribution in [0.5, 0.6) is 0 Å². The van der Waals surface area contributed by atoms with E-state index in [2.05, 4.69) is 6.92 Å². The summed E-state index contributed by atoms with van der Waals surface area (Å²) in [6.45, 7) is 2.34. The van der Waals surface area contributed by atoms with Crippen LogP contribution in [0.2, 0.25) is 0 Å². The van der Waals surface area contributed by atoms with E-state index in [0.717, 1.165) is 18.4 Å². The highest BCUT2D eigenvalue weighted by Crippen LogP contribution is 2.49. The summed E-state index contributed by atoms with van der Waals surface area (Å²) in [6.07, 6.45) is 2.06. The third-order valence-corrected chi connectivity index (χ3v) is 4.01. The summed E-state index contributed by atoms with van der Waals surface area (Å²) in [5, 5.41) is 0. The zero-order chi connectivity index (χ0) is 13.5. The van der Waals surface area contributed by atoms with Crippen molar-refractivity contribution >= 4 is 12.0 Å². The predicted molar refractivity (Wildman–Crippen MR) is 69.3 cm³/mol. The molecule has 0 aromatic heterocycles. The highest BCUT2D eigenvalue weighted by molar-refractivity contribution is 5.94. The molecule has 4 heteroatoms. The number of nitrogens with zero attached hydrogens (tertiary/aromatic N) is 1. The normalized spacial score (nSPS) is 24.2. The number of amides is 2. The van der Waals surface area contributed by atoms with E-state index >= 15 is 0 Å². The van der Waals surface area contributed by atoms with Gasteiger partial charge in [0.25, 0.3) is 0 Å². The van der Waals surface area contributed by atoms with Crippen LogP contribution in [0.1, 0.15) is 37.8 Å². The molecule has 1 heterocycles. The zero-order valence-corrected chi connectivity index (χ0v) is 11.0. The van der Waals surface area contributed by atoms with E-state index in [1.165, 1.54) is 4.90 Å². The van der Waals surface area contributed by atoms with Gasteiger partial charge in [-0.05, 0) is 23.8 Å². The molecule has 100 valence electrons. The standard InChI is InChI=1S/C15H17NO3/c1-15(7-8-15)9-13(17)16-12(10-19-14(16)18)11-5-3-2-4-6-11/h2-6,12H,7-10H2,1H3. The fourth-order valence-electron chi connectivity index (χ4n) is 2.46. The van der Waals surface area contributed by atoms with Crippen LogP contribution in [-0.4, -0.2) is 23.5 Å². The molecule has 0 bridgehead atoms. The first kappa shape index (κ1) is 12.2. The Balaban J connectivity index is 1.80. The molecule has 19 heavy (non-hydrogen) atoms. The maximum Gasteiger partial charge on any atom is 0.417 e. The van der Waals surface area contributed by atoms with E-state index in [1.807, 2.05) is 30.3 Å². The van der Waals surface area contributed by atoms with Crippen LogP contribution in [0.3, 0.4) is 0 Å². The molecular weight excluding hydrogens is 242 g/mol. The molecule has 1 aliphatic carbocycles. The Bertz CT molecular complexity index is 507.